The molecule has 0 spiro atoms. The zero-order chi connectivity index (χ0) is 19.6. The molecule has 2 aromatic carbocycles. The number of pyridine rings is 2. The van der Waals surface area contributed by atoms with E-state index in [1.54, 1.807) is 18.6 Å². The Hall–Kier alpha value is -3.57. The summed E-state index contributed by atoms with van der Waals surface area (Å²) in [6.45, 7) is 0.486. The highest BCUT2D eigenvalue weighted by Gasteiger charge is 2.09. The summed E-state index contributed by atoms with van der Waals surface area (Å²) in [4.78, 5) is 21.8. The van der Waals surface area contributed by atoms with Crippen molar-refractivity contribution in [3.8, 4) is 11.1 Å². The smallest absolute Gasteiger partial charge is 0.267 e. The standard InChI is InChI=1S/C24H18N4O.ClH/c29-24-21-6-3-5-20(17-10-13-25-14-11-17)22(21)16-26-28(24)15-12-19-9-8-18-4-1-2-7-23(18)27-19;/h1-11,13-14,16H,12,15H2;1H. The molecular formula is C24H19ClN4O. The van der Waals surface area contributed by atoms with Gasteiger partial charge in [-0.15, -0.1) is 12.4 Å². The number of hydrogen-bond acceptors (Lipinski definition) is 4. The molecule has 5 rings (SSSR count). The van der Waals surface area contributed by atoms with Crippen LogP contribution in [0.1, 0.15) is 5.69 Å². The summed E-state index contributed by atoms with van der Waals surface area (Å²) in [6.07, 6.45) is 5.92. The van der Waals surface area contributed by atoms with Crippen molar-refractivity contribution in [2.75, 3.05) is 0 Å². The normalized spacial score (nSPS) is 10.8. The third-order valence-corrected chi connectivity index (χ3v) is 5.12. The maximum Gasteiger partial charge on any atom is 0.274 e. The van der Waals surface area contributed by atoms with Gasteiger partial charge in [0, 0.05) is 35.3 Å². The van der Waals surface area contributed by atoms with Gasteiger partial charge in [-0.05, 0) is 41.5 Å². The molecule has 30 heavy (non-hydrogen) atoms. The van der Waals surface area contributed by atoms with Crippen molar-refractivity contribution in [1.29, 1.82) is 0 Å². The van der Waals surface area contributed by atoms with Crippen molar-refractivity contribution in [2.24, 2.45) is 0 Å². The molecule has 0 atom stereocenters. The van der Waals surface area contributed by atoms with E-state index in [-0.39, 0.29) is 18.0 Å². The van der Waals surface area contributed by atoms with Crippen LogP contribution in [0.3, 0.4) is 0 Å². The predicted molar refractivity (Wildman–Crippen MR) is 122 cm³/mol. The molecule has 0 saturated heterocycles. The Morgan fingerprint density at radius 3 is 2.53 bits per heavy atom. The van der Waals surface area contributed by atoms with Crippen molar-refractivity contribution in [1.82, 2.24) is 19.7 Å². The fourth-order valence-corrected chi connectivity index (χ4v) is 3.62. The topological polar surface area (TPSA) is 60.7 Å². The maximum absolute atomic E-state index is 13.0. The number of halogens is 1. The van der Waals surface area contributed by atoms with Gasteiger partial charge in [-0.25, -0.2) is 4.68 Å². The third kappa shape index (κ3) is 3.67. The lowest BCUT2D eigenvalue weighted by Crippen LogP contribution is -2.24. The summed E-state index contributed by atoms with van der Waals surface area (Å²) in [5.41, 5.74) is 3.83. The number of benzene rings is 2. The first-order valence-electron chi connectivity index (χ1n) is 9.53. The van der Waals surface area contributed by atoms with Crippen molar-refractivity contribution < 1.29 is 0 Å². The molecule has 6 heteroatoms. The fraction of sp³-hybridized carbons (Fsp3) is 0.0833. The second-order valence-corrected chi connectivity index (χ2v) is 6.92. The van der Waals surface area contributed by atoms with E-state index in [0.717, 1.165) is 33.1 Å². The summed E-state index contributed by atoms with van der Waals surface area (Å²) >= 11 is 0. The molecule has 3 heterocycles. The Morgan fingerprint density at radius 2 is 1.67 bits per heavy atom. The van der Waals surface area contributed by atoms with Gasteiger partial charge in [0.25, 0.3) is 5.56 Å². The van der Waals surface area contributed by atoms with Gasteiger partial charge in [-0.2, -0.15) is 5.10 Å². The number of aryl methyl sites for hydroxylation is 2. The van der Waals surface area contributed by atoms with Crippen LogP contribution in [-0.4, -0.2) is 19.7 Å². The van der Waals surface area contributed by atoms with Crippen LogP contribution < -0.4 is 5.56 Å². The molecule has 0 N–H and O–H groups in total. The van der Waals surface area contributed by atoms with Crippen molar-refractivity contribution in [3.05, 3.63) is 101 Å². The molecule has 0 radical (unpaired) electrons. The highest BCUT2D eigenvalue weighted by molar-refractivity contribution is 5.95. The Labute approximate surface area is 179 Å². The number of fused-ring (bicyclic) bond motifs is 2. The molecule has 0 amide bonds. The molecule has 148 valence electrons. The highest BCUT2D eigenvalue weighted by Crippen LogP contribution is 2.25. The predicted octanol–water partition coefficient (Wildman–Crippen LogP) is 4.67. The molecule has 0 aliphatic heterocycles. The van der Waals surface area contributed by atoms with Gasteiger partial charge in [0.15, 0.2) is 0 Å². The van der Waals surface area contributed by atoms with Gasteiger partial charge in [-0.1, -0.05) is 36.4 Å². The minimum absolute atomic E-state index is 0. The van der Waals surface area contributed by atoms with Crippen LogP contribution in [0.5, 0.6) is 0 Å². The zero-order valence-corrected chi connectivity index (χ0v) is 16.9. The number of rotatable bonds is 4. The monoisotopic (exact) mass is 414 g/mol. The maximum atomic E-state index is 13.0. The van der Waals surface area contributed by atoms with Crippen molar-refractivity contribution in [2.45, 2.75) is 13.0 Å². The molecule has 3 aromatic heterocycles. The van der Waals surface area contributed by atoms with Crippen LogP contribution in [0.2, 0.25) is 0 Å². The lowest BCUT2D eigenvalue weighted by molar-refractivity contribution is 0.580. The van der Waals surface area contributed by atoms with Crippen LogP contribution in [0.4, 0.5) is 0 Å². The molecule has 0 saturated carbocycles. The fourth-order valence-electron chi connectivity index (χ4n) is 3.62. The number of hydrogen-bond donors (Lipinski definition) is 0. The van der Waals surface area contributed by atoms with E-state index in [1.807, 2.05) is 60.7 Å². The van der Waals surface area contributed by atoms with Gasteiger partial charge in [0.1, 0.15) is 0 Å². The summed E-state index contributed by atoms with van der Waals surface area (Å²) in [5.74, 6) is 0. The minimum Gasteiger partial charge on any atom is -0.267 e. The SMILES string of the molecule is Cl.O=c1c2cccc(-c3ccncc3)c2cnn1CCc1ccc2ccccc2n1. The first-order valence-corrected chi connectivity index (χ1v) is 9.53. The van der Waals surface area contributed by atoms with Crippen LogP contribution in [0.25, 0.3) is 32.8 Å². The van der Waals surface area contributed by atoms with Gasteiger partial charge < -0.3 is 0 Å². The molecule has 0 bridgehead atoms. The molecule has 0 fully saturated rings. The van der Waals surface area contributed by atoms with Crippen LogP contribution >= 0.6 is 12.4 Å². The van der Waals surface area contributed by atoms with E-state index < -0.39 is 0 Å². The number of aromatic nitrogens is 4. The largest absolute Gasteiger partial charge is 0.274 e. The van der Waals surface area contributed by atoms with E-state index in [2.05, 4.69) is 21.1 Å². The quantitative estimate of drug-likeness (QED) is 0.428. The minimum atomic E-state index is -0.0841. The summed E-state index contributed by atoms with van der Waals surface area (Å²) in [7, 11) is 0. The molecule has 0 unspecified atom stereocenters. The summed E-state index contributed by atoms with van der Waals surface area (Å²) < 4.78 is 1.52. The average Bonchev–Trinajstić information content (AvgIpc) is 2.79. The van der Waals surface area contributed by atoms with Gasteiger partial charge >= 0.3 is 0 Å². The second-order valence-electron chi connectivity index (χ2n) is 6.92. The van der Waals surface area contributed by atoms with Gasteiger partial charge in [0.05, 0.1) is 23.6 Å². The first kappa shape index (κ1) is 19.7. The van der Waals surface area contributed by atoms with E-state index in [9.17, 15) is 4.79 Å². The van der Waals surface area contributed by atoms with Crippen molar-refractivity contribution in [3.63, 3.8) is 0 Å². The van der Waals surface area contributed by atoms with E-state index in [1.165, 1.54) is 4.68 Å². The zero-order valence-electron chi connectivity index (χ0n) is 16.1. The number of para-hydroxylation sites is 1. The molecule has 0 aliphatic carbocycles. The van der Waals surface area contributed by atoms with Crippen LogP contribution in [-0.2, 0) is 13.0 Å². The summed E-state index contributed by atoms with van der Waals surface area (Å²) in [5, 5.41) is 7.06. The van der Waals surface area contributed by atoms with Crippen molar-refractivity contribution >= 4 is 34.1 Å². The number of nitrogens with zero attached hydrogens (tertiary/aromatic N) is 4. The molecule has 5 aromatic rings. The first-order chi connectivity index (χ1) is 14.3. The Balaban J connectivity index is 0.00000218. The molecule has 0 aliphatic rings. The van der Waals surface area contributed by atoms with E-state index in [4.69, 9.17) is 0 Å². The summed E-state index contributed by atoms with van der Waals surface area (Å²) in [6, 6.07) is 21.7. The Bertz CT molecular complexity index is 1380. The van der Waals surface area contributed by atoms with Crippen LogP contribution in [0.15, 0.2) is 90.1 Å². The van der Waals surface area contributed by atoms with E-state index >= 15 is 0 Å². The average molecular weight is 415 g/mol. The molecule has 5 nitrogen and oxygen atoms in total. The Morgan fingerprint density at radius 1 is 0.833 bits per heavy atom. The third-order valence-electron chi connectivity index (χ3n) is 5.12. The van der Waals surface area contributed by atoms with Crippen LogP contribution in [0, 0.1) is 0 Å². The Kier molecular flexibility index (Phi) is 5.55. The lowest BCUT2D eigenvalue weighted by atomic mass is 10.0. The highest BCUT2D eigenvalue weighted by atomic mass is 35.5. The second kappa shape index (κ2) is 8.43. The van der Waals surface area contributed by atoms with E-state index in [0.29, 0.717) is 18.4 Å². The van der Waals surface area contributed by atoms with Gasteiger partial charge in [0.2, 0.25) is 0 Å². The lowest BCUT2D eigenvalue weighted by Gasteiger charge is -2.09. The molecular weight excluding hydrogens is 396 g/mol. The van der Waals surface area contributed by atoms with Gasteiger partial charge in [-0.3, -0.25) is 14.8 Å².